The highest BCUT2D eigenvalue weighted by Gasteiger charge is 2.20. The maximum atomic E-state index is 12.5. The smallest absolute Gasteiger partial charge is 0.305 e. The molecule has 0 fully saturated rings. The van der Waals surface area contributed by atoms with E-state index in [4.69, 9.17) is 4.74 Å². The normalized spacial score (nSPS) is 12.5. The van der Waals surface area contributed by atoms with Crippen molar-refractivity contribution < 1.29 is 24.5 Å². The number of allylic oxidation sites excluding steroid dienone is 2. The highest BCUT2D eigenvalue weighted by Crippen LogP contribution is 2.19. The summed E-state index contributed by atoms with van der Waals surface area (Å²) in [4.78, 5) is 24.6. The Kier molecular flexibility index (Phi) is 61.9. The van der Waals surface area contributed by atoms with E-state index in [-0.39, 0.29) is 18.5 Å². The van der Waals surface area contributed by atoms with Gasteiger partial charge in [-0.3, -0.25) is 9.59 Å². The van der Waals surface area contributed by atoms with Gasteiger partial charge in [-0.2, -0.15) is 0 Å². The van der Waals surface area contributed by atoms with Crippen LogP contribution in [0.25, 0.3) is 0 Å². The molecule has 2 unspecified atom stereocenters. The molecule has 0 rings (SSSR count). The number of amides is 1. The molecule has 0 radical (unpaired) electrons. The molecule has 0 heterocycles. The van der Waals surface area contributed by atoms with Crippen LogP contribution in [0.15, 0.2) is 12.2 Å². The number of nitrogens with one attached hydrogen (secondary N) is 1. The van der Waals surface area contributed by atoms with Crippen molar-refractivity contribution >= 4 is 11.9 Å². The lowest BCUT2D eigenvalue weighted by Crippen LogP contribution is -2.45. The first-order chi connectivity index (χ1) is 36.0. The zero-order valence-electron chi connectivity index (χ0n) is 49.6. The standard InChI is InChI=1S/C67H131NO5/c1-3-5-7-9-11-13-15-17-19-20-25-29-33-37-41-45-49-53-57-61-67(72)73-62-58-54-50-46-42-38-34-30-27-24-22-21-23-26-28-32-36-40-44-48-52-56-60-66(71)68-64(63-69)65(70)59-55-51-47-43-39-35-31-18-16-14-12-10-8-6-4-2/h23,26,64-65,69-70H,3-22,24-25,27-63H2,1-2H3,(H,68,71)/b26-23-. The molecule has 0 bridgehead atoms. The lowest BCUT2D eigenvalue weighted by Gasteiger charge is -2.22. The Morgan fingerprint density at radius 2 is 0.644 bits per heavy atom. The summed E-state index contributed by atoms with van der Waals surface area (Å²) in [7, 11) is 0. The molecule has 0 saturated carbocycles. The number of hydrogen-bond donors (Lipinski definition) is 3. The van der Waals surface area contributed by atoms with E-state index in [2.05, 4.69) is 31.3 Å². The van der Waals surface area contributed by atoms with Gasteiger partial charge in [0.2, 0.25) is 5.91 Å². The summed E-state index contributed by atoms with van der Waals surface area (Å²) in [5.41, 5.74) is 0. The lowest BCUT2D eigenvalue weighted by atomic mass is 10.0. The van der Waals surface area contributed by atoms with Crippen LogP contribution < -0.4 is 5.32 Å². The van der Waals surface area contributed by atoms with E-state index in [1.54, 1.807) is 0 Å². The van der Waals surface area contributed by atoms with Gasteiger partial charge in [0.1, 0.15) is 0 Å². The van der Waals surface area contributed by atoms with Gasteiger partial charge in [-0.15, -0.1) is 0 Å². The zero-order chi connectivity index (χ0) is 52.9. The third-order valence-electron chi connectivity index (χ3n) is 15.8. The Labute approximate surface area is 457 Å². The second-order valence-electron chi connectivity index (χ2n) is 23.2. The van der Waals surface area contributed by atoms with E-state index in [1.807, 2.05) is 0 Å². The van der Waals surface area contributed by atoms with Gasteiger partial charge in [0, 0.05) is 12.8 Å². The average Bonchev–Trinajstić information content (AvgIpc) is 3.39. The molecule has 2 atom stereocenters. The molecule has 0 aliphatic rings. The van der Waals surface area contributed by atoms with Crippen LogP contribution in [0, 0.1) is 0 Å². The van der Waals surface area contributed by atoms with Crippen LogP contribution in [0.5, 0.6) is 0 Å². The monoisotopic (exact) mass is 1030 g/mol. The summed E-state index contributed by atoms with van der Waals surface area (Å²) < 4.78 is 5.51. The Balaban J connectivity index is 3.38. The first-order valence-corrected chi connectivity index (χ1v) is 33.4. The maximum absolute atomic E-state index is 12.5. The third kappa shape index (κ3) is 59.7. The van der Waals surface area contributed by atoms with Gasteiger partial charge in [0.15, 0.2) is 0 Å². The van der Waals surface area contributed by atoms with Gasteiger partial charge in [-0.1, -0.05) is 328 Å². The lowest BCUT2D eigenvalue weighted by molar-refractivity contribution is -0.143. The van der Waals surface area contributed by atoms with Crippen LogP contribution in [0.3, 0.4) is 0 Å². The molecule has 73 heavy (non-hydrogen) atoms. The van der Waals surface area contributed by atoms with Gasteiger partial charge < -0.3 is 20.3 Å². The topological polar surface area (TPSA) is 95.9 Å². The van der Waals surface area contributed by atoms with E-state index >= 15 is 0 Å². The fraction of sp³-hybridized carbons (Fsp3) is 0.940. The van der Waals surface area contributed by atoms with Crippen molar-refractivity contribution in [3.8, 4) is 0 Å². The van der Waals surface area contributed by atoms with Gasteiger partial charge in [-0.05, 0) is 51.4 Å². The summed E-state index contributed by atoms with van der Waals surface area (Å²) in [5.74, 6) is -0.0234. The molecule has 0 aromatic carbocycles. The van der Waals surface area contributed by atoms with Crippen LogP contribution in [0.1, 0.15) is 380 Å². The van der Waals surface area contributed by atoms with Gasteiger partial charge >= 0.3 is 5.97 Å². The second kappa shape index (κ2) is 63.1. The molecule has 434 valence electrons. The van der Waals surface area contributed by atoms with Gasteiger partial charge in [0.05, 0.1) is 25.4 Å². The molecule has 0 spiro atoms. The quantitative estimate of drug-likeness (QED) is 0.0320. The van der Waals surface area contributed by atoms with Crippen LogP contribution in [0.4, 0.5) is 0 Å². The number of aliphatic hydroxyl groups is 2. The minimum absolute atomic E-state index is 0.0157. The van der Waals surface area contributed by atoms with Crippen molar-refractivity contribution in [1.29, 1.82) is 0 Å². The Morgan fingerprint density at radius 3 is 0.973 bits per heavy atom. The summed E-state index contributed by atoms with van der Waals surface area (Å²) in [6.07, 6.45) is 76.7. The summed E-state index contributed by atoms with van der Waals surface area (Å²) in [6.45, 7) is 4.98. The highest BCUT2D eigenvalue weighted by molar-refractivity contribution is 5.76. The van der Waals surface area contributed by atoms with Crippen LogP contribution in [-0.2, 0) is 14.3 Å². The minimum atomic E-state index is -0.668. The van der Waals surface area contributed by atoms with Crippen molar-refractivity contribution in [3.05, 3.63) is 12.2 Å². The highest BCUT2D eigenvalue weighted by atomic mass is 16.5. The predicted octanol–water partition coefficient (Wildman–Crippen LogP) is 21.2. The van der Waals surface area contributed by atoms with E-state index < -0.39 is 12.1 Å². The van der Waals surface area contributed by atoms with Crippen molar-refractivity contribution in [1.82, 2.24) is 5.32 Å². The third-order valence-corrected chi connectivity index (χ3v) is 15.8. The van der Waals surface area contributed by atoms with Crippen molar-refractivity contribution in [2.75, 3.05) is 13.2 Å². The van der Waals surface area contributed by atoms with Crippen molar-refractivity contribution in [2.45, 2.75) is 392 Å². The van der Waals surface area contributed by atoms with Crippen LogP contribution in [0.2, 0.25) is 0 Å². The SMILES string of the molecule is CCCCCCCCCCCCCCCCCCCCCC(=O)OCCCCCCCCCCCCC/C=C\CCCCCCCCCC(=O)NC(CO)C(O)CCCCCCCCCCCCCCCCC. The van der Waals surface area contributed by atoms with Gasteiger partial charge in [-0.25, -0.2) is 0 Å². The largest absolute Gasteiger partial charge is 0.466 e. The molecule has 0 aliphatic carbocycles. The minimum Gasteiger partial charge on any atom is -0.466 e. The number of rotatable bonds is 63. The number of hydrogen-bond acceptors (Lipinski definition) is 5. The van der Waals surface area contributed by atoms with E-state index in [9.17, 15) is 19.8 Å². The van der Waals surface area contributed by atoms with Crippen LogP contribution >= 0.6 is 0 Å². The summed E-state index contributed by atoms with van der Waals surface area (Å²) in [5, 5.41) is 23.3. The fourth-order valence-corrected chi connectivity index (χ4v) is 10.7. The van der Waals surface area contributed by atoms with E-state index in [0.717, 1.165) is 38.5 Å². The number of carbonyl (C=O) groups excluding carboxylic acids is 2. The maximum Gasteiger partial charge on any atom is 0.305 e. The number of esters is 1. The molecule has 0 aromatic heterocycles. The van der Waals surface area contributed by atoms with Gasteiger partial charge in [0.25, 0.3) is 0 Å². The molecule has 0 aromatic rings. The Bertz CT molecular complexity index is 1100. The molecule has 3 N–H and O–H groups in total. The number of ether oxygens (including phenoxy) is 1. The van der Waals surface area contributed by atoms with E-state index in [1.165, 1.54) is 308 Å². The molecule has 0 saturated heterocycles. The molecule has 0 aliphatic heterocycles. The predicted molar refractivity (Wildman–Crippen MR) is 320 cm³/mol. The Hall–Kier alpha value is -1.40. The zero-order valence-corrected chi connectivity index (χ0v) is 49.6. The van der Waals surface area contributed by atoms with E-state index in [0.29, 0.717) is 25.9 Å². The fourth-order valence-electron chi connectivity index (χ4n) is 10.7. The summed E-state index contributed by atoms with van der Waals surface area (Å²) >= 11 is 0. The summed E-state index contributed by atoms with van der Waals surface area (Å²) in [6, 6.07) is -0.546. The second-order valence-corrected chi connectivity index (χ2v) is 23.2. The van der Waals surface area contributed by atoms with Crippen molar-refractivity contribution in [2.24, 2.45) is 0 Å². The Morgan fingerprint density at radius 1 is 0.370 bits per heavy atom. The molecule has 6 nitrogen and oxygen atoms in total. The first kappa shape index (κ1) is 71.6. The number of unbranched alkanes of at least 4 members (excludes halogenated alkanes) is 50. The number of carbonyl (C=O) groups is 2. The molecule has 1 amide bonds. The average molecular weight is 1030 g/mol. The molecule has 6 heteroatoms. The molecular formula is C67H131NO5. The number of aliphatic hydroxyl groups excluding tert-OH is 2. The van der Waals surface area contributed by atoms with Crippen molar-refractivity contribution in [3.63, 3.8) is 0 Å². The first-order valence-electron chi connectivity index (χ1n) is 33.4. The van der Waals surface area contributed by atoms with Crippen LogP contribution in [-0.4, -0.2) is 47.4 Å². The molecular weight excluding hydrogens is 899 g/mol.